The lowest BCUT2D eigenvalue weighted by Crippen LogP contribution is -2.12. The van der Waals surface area contributed by atoms with Crippen LogP contribution in [0.25, 0.3) is 17.2 Å². The highest BCUT2D eigenvalue weighted by atomic mass is 32.1. The maximum atomic E-state index is 12.7. The van der Waals surface area contributed by atoms with E-state index in [4.69, 9.17) is 18.9 Å². The van der Waals surface area contributed by atoms with Gasteiger partial charge in [0.05, 0.1) is 27.9 Å². The van der Waals surface area contributed by atoms with E-state index in [2.05, 4.69) is 5.32 Å². The van der Waals surface area contributed by atoms with Crippen molar-refractivity contribution in [1.82, 2.24) is 0 Å². The van der Waals surface area contributed by atoms with E-state index >= 15 is 0 Å². The largest absolute Gasteiger partial charge is 0.497 e. The first-order chi connectivity index (χ1) is 16.0. The van der Waals surface area contributed by atoms with Crippen LogP contribution in [0.15, 0.2) is 53.9 Å². The lowest BCUT2D eigenvalue weighted by atomic mass is 10.0. The topological polar surface area (TPSA) is 83.1 Å². The Hall–Kier alpha value is -3.78. The molecule has 3 aromatic rings. The number of nitrogens with one attached hydrogen (secondary N) is 1. The van der Waals surface area contributed by atoms with E-state index < -0.39 is 5.97 Å². The van der Waals surface area contributed by atoms with Gasteiger partial charge in [-0.3, -0.25) is 4.79 Å². The number of ether oxygens (including phenoxy) is 4. The number of esters is 1. The molecule has 1 heterocycles. The van der Waals surface area contributed by atoms with Crippen LogP contribution in [-0.4, -0.2) is 39.8 Å². The van der Waals surface area contributed by atoms with Gasteiger partial charge >= 0.3 is 5.97 Å². The number of hydrogen-bond acceptors (Lipinski definition) is 7. The number of amides is 1. The zero-order valence-corrected chi connectivity index (χ0v) is 19.7. The summed E-state index contributed by atoms with van der Waals surface area (Å²) in [4.78, 5) is 25.3. The number of rotatable bonds is 9. The Morgan fingerprint density at radius 3 is 2.33 bits per heavy atom. The fourth-order valence-electron chi connectivity index (χ4n) is 3.12. The van der Waals surface area contributed by atoms with Gasteiger partial charge in [0.2, 0.25) is 5.91 Å². The second-order valence-corrected chi connectivity index (χ2v) is 7.62. The van der Waals surface area contributed by atoms with Crippen molar-refractivity contribution in [1.29, 1.82) is 0 Å². The number of methoxy groups -OCH3 is 3. The molecule has 0 aliphatic carbocycles. The SMILES string of the molecule is CCOC(=O)c1c(-c2ccc(OC)cc2)csc1NC(=O)C=Cc1ccc(OC)c(OC)c1. The summed E-state index contributed by atoms with van der Waals surface area (Å²) in [7, 11) is 4.70. The van der Waals surface area contributed by atoms with Gasteiger partial charge in [-0.2, -0.15) is 0 Å². The van der Waals surface area contributed by atoms with Gasteiger partial charge in [0.1, 0.15) is 16.3 Å². The van der Waals surface area contributed by atoms with Crippen molar-refractivity contribution in [3.63, 3.8) is 0 Å². The molecule has 1 N–H and O–H groups in total. The fraction of sp³-hybridized carbons (Fsp3) is 0.200. The molecule has 0 radical (unpaired) electrons. The van der Waals surface area contributed by atoms with Gasteiger partial charge < -0.3 is 24.3 Å². The molecule has 0 spiro atoms. The van der Waals surface area contributed by atoms with E-state index in [-0.39, 0.29) is 12.5 Å². The minimum Gasteiger partial charge on any atom is -0.497 e. The normalized spacial score (nSPS) is 10.7. The standard InChI is InChI=1S/C25H25NO6S/c1-5-32-25(28)23-19(17-8-10-18(29-2)11-9-17)15-33-24(23)26-22(27)13-7-16-6-12-20(30-3)21(14-16)31-4/h6-15H,5H2,1-4H3,(H,26,27). The highest BCUT2D eigenvalue weighted by molar-refractivity contribution is 7.15. The van der Waals surface area contributed by atoms with Crippen LogP contribution in [0.3, 0.4) is 0 Å². The average Bonchev–Trinajstić information content (AvgIpc) is 3.26. The summed E-state index contributed by atoms with van der Waals surface area (Å²) < 4.78 is 21.0. The summed E-state index contributed by atoms with van der Waals surface area (Å²) in [5.41, 5.74) is 2.58. The van der Waals surface area contributed by atoms with Crippen molar-refractivity contribution in [3.05, 3.63) is 65.0 Å². The second kappa shape index (κ2) is 11.2. The summed E-state index contributed by atoms with van der Waals surface area (Å²) in [5.74, 6) is 0.998. The van der Waals surface area contributed by atoms with Gasteiger partial charge in [-0.15, -0.1) is 11.3 Å². The summed E-state index contributed by atoms with van der Waals surface area (Å²) >= 11 is 1.26. The predicted molar refractivity (Wildman–Crippen MR) is 129 cm³/mol. The molecule has 0 aliphatic rings. The fourth-order valence-corrected chi connectivity index (χ4v) is 4.08. The lowest BCUT2D eigenvalue weighted by Gasteiger charge is -2.09. The molecule has 3 rings (SSSR count). The zero-order valence-electron chi connectivity index (χ0n) is 18.8. The minimum absolute atomic E-state index is 0.226. The Bertz CT molecular complexity index is 1150. The molecule has 1 aromatic heterocycles. The number of anilines is 1. The monoisotopic (exact) mass is 467 g/mol. The molecule has 0 fully saturated rings. The Kier molecular flexibility index (Phi) is 8.10. The summed E-state index contributed by atoms with van der Waals surface area (Å²) in [6.45, 7) is 1.96. The van der Waals surface area contributed by atoms with Crippen LogP contribution in [0.4, 0.5) is 5.00 Å². The second-order valence-electron chi connectivity index (χ2n) is 6.74. The molecule has 0 saturated carbocycles. The average molecular weight is 468 g/mol. The van der Waals surface area contributed by atoms with E-state index in [9.17, 15) is 9.59 Å². The number of carbonyl (C=O) groups excluding carboxylic acids is 2. The van der Waals surface area contributed by atoms with Crippen LogP contribution < -0.4 is 19.5 Å². The zero-order chi connectivity index (χ0) is 23.8. The van der Waals surface area contributed by atoms with Crippen molar-refractivity contribution in [2.45, 2.75) is 6.92 Å². The third-order valence-electron chi connectivity index (χ3n) is 4.74. The van der Waals surface area contributed by atoms with Crippen LogP contribution in [0, 0.1) is 0 Å². The molecule has 0 saturated heterocycles. The summed E-state index contributed by atoms with van der Waals surface area (Å²) in [6, 6.07) is 12.7. The smallest absolute Gasteiger partial charge is 0.341 e. The van der Waals surface area contributed by atoms with Crippen LogP contribution in [0.5, 0.6) is 17.2 Å². The molecule has 7 nitrogen and oxygen atoms in total. The van der Waals surface area contributed by atoms with Crippen molar-refractivity contribution in [2.24, 2.45) is 0 Å². The van der Waals surface area contributed by atoms with Gasteiger partial charge in [0.15, 0.2) is 11.5 Å². The van der Waals surface area contributed by atoms with Gasteiger partial charge in [-0.1, -0.05) is 18.2 Å². The first-order valence-electron chi connectivity index (χ1n) is 10.1. The molecular weight excluding hydrogens is 442 g/mol. The van der Waals surface area contributed by atoms with Gasteiger partial charge in [-0.05, 0) is 48.4 Å². The number of thiophene rings is 1. The van der Waals surface area contributed by atoms with Crippen LogP contribution in [0.1, 0.15) is 22.8 Å². The third-order valence-corrected chi connectivity index (χ3v) is 5.64. The molecule has 8 heteroatoms. The predicted octanol–water partition coefficient (Wildman–Crippen LogP) is 5.27. The van der Waals surface area contributed by atoms with Gasteiger partial charge in [-0.25, -0.2) is 4.79 Å². The molecule has 172 valence electrons. The van der Waals surface area contributed by atoms with Gasteiger partial charge in [0, 0.05) is 17.0 Å². The Morgan fingerprint density at radius 2 is 1.70 bits per heavy atom. The quantitative estimate of drug-likeness (QED) is 0.341. The minimum atomic E-state index is -0.497. The van der Waals surface area contributed by atoms with E-state index in [1.807, 2.05) is 35.7 Å². The van der Waals surface area contributed by atoms with E-state index in [1.54, 1.807) is 46.5 Å². The highest BCUT2D eigenvalue weighted by Gasteiger charge is 2.22. The number of carbonyl (C=O) groups is 2. The van der Waals surface area contributed by atoms with Crippen LogP contribution in [0.2, 0.25) is 0 Å². The number of hydrogen-bond donors (Lipinski definition) is 1. The molecule has 0 bridgehead atoms. The maximum absolute atomic E-state index is 12.7. The first-order valence-corrected chi connectivity index (χ1v) is 11.0. The Labute approximate surface area is 196 Å². The maximum Gasteiger partial charge on any atom is 0.341 e. The molecule has 0 atom stereocenters. The Morgan fingerprint density at radius 1 is 0.970 bits per heavy atom. The van der Waals surface area contributed by atoms with E-state index in [0.29, 0.717) is 33.4 Å². The molecule has 0 unspecified atom stereocenters. The lowest BCUT2D eigenvalue weighted by molar-refractivity contribution is -0.111. The van der Waals surface area contributed by atoms with E-state index in [0.717, 1.165) is 11.1 Å². The number of benzene rings is 2. The van der Waals surface area contributed by atoms with Crippen molar-refractivity contribution >= 4 is 34.3 Å². The van der Waals surface area contributed by atoms with Crippen LogP contribution >= 0.6 is 11.3 Å². The summed E-state index contributed by atoms with van der Waals surface area (Å²) in [6.07, 6.45) is 3.04. The highest BCUT2D eigenvalue weighted by Crippen LogP contribution is 2.37. The molecular formula is C25H25NO6S. The van der Waals surface area contributed by atoms with Crippen LogP contribution in [-0.2, 0) is 9.53 Å². The van der Waals surface area contributed by atoms with Crippen molar-refractivity contribution < 1.29 is 28.5 Å². The molecule has 33 heavy (non-hydrogen) atoms. The Balaban J connectivity index is 1.85. The van der Waals surface area contributed by atoms with Crippen molar-refractivity contribution in [3.8, 4) is 28.4 Å². The summed E-state index contributed by atoms with van der Waals surface area (Å²) in [5, 5.41) is 5.03. The van der Waals surface area contributed by atoms with Gasteiger partial charge in [0.25, 0.3) is 0 Å². The molecule has 1 amide bonds. The third kappa shape index (κ3) is 5.72. The van der Waals surface area contributed by atoms with E-state index in [1.165, 1.54) is 17.4 Å². The first kappa shape index (κ1) is 23.9. The molecule has 0 aliphatic heterocycles. The van der Waals surface area contributed by atoms with Crippen molar-refractivity contribution in [2.75, 3.05) is 33.3 Å². The molecule has 2 aromatic carbocycles.